The summed E-state index contributed by atoms with van der Waals surface area (Å²) in [6, 6.07) is 8.32. The van der Waals surface area contributed by atoms with Crippen LogP contribution >= 0.6 is 7.77 Å². The second kappa shape index (κ2) is 19.3. The van der Waals surface area contributed by atoms with Crippen molar-refractivity contribution in [2.45, 2.75) is 109 Å². The number of nitrogens with zero attached hydrogens (tertiary/aromatic N) is 1. The highest BCUT2D eigenvalue weighted by Gasteiger charge is 2.16. The lowest BCUT2D eigenvalue weighted by Crippen LogP contribution is -2.39. The Kier molecular flexibility index (Phi) is 17.6. The van der Waals surface area contributed by atoms with Gasteiger partial charge in [-0.2, -0.15) is 0 Å². The van der Waals surface area contributed by atoms with Gasteiger partial charge in [0.05, 0.1) is 28.9 Å². The van der Waals surface area contributed by atoms with E-state index in [-0.39, 0.29) is 5.48 Å². The molecule has 0 saturated carbocycles. The van der Waals surface area contributed by atoms with Crippen LogP contribution in [-0.2, 0) is 6.42 Å². The largest absolute Gasteiger partial charge is 0.629 e. The summed E-state index contributed by atoms with van der Waals surface area (Å²) in [5.41, 5.74) is 8.19. The lowest BCUT2D eigenvalue weighted by molar-refractivity contribution is -0.861. The van der Waals surface area contributed by atoms with Crippen molar-refractivity contribution in [1.82, 2.24) is 0 Å². The number of hydrogen-bond donors (Lipinski definition) is 2. The Bertz CT molecular complexity index is 653. The number of aliphatic hydroxyl groups excluding tert-OH is 1. The van der Waals surface area contributed by atoms with Crippen molar-refractivity contribution in [2.24, 2.45) is 0 Å². The van der Waals surface area contributed by atoms with Gasteiger partial charge in [-0.3, -0.25) is 0 Å². The molecule has 0 saturated heterocycles. The molecule has 1 atom stereocenters. The first-order valence-electron chi connectivity index (χ1n) is 13.9. The second-order valence-electron chi connectivity index (χ2n) is 11.1. The lowest BCUT2D eigenvalue weighted by Gasteiger charge is -2.22. The number of benzene rings is 1. The molecule has 0 bridgehead atoms. The van der Waals surface area contributed by atoms with Crippen LogP contribution in [0, 0.1) is 0 Å². The van der Waals surface area contributed by atoms with Gasteiger partial charge in [0.1, 0.15) is 6.16 Å². The molecule has 5 heteroatoms. The number of unbranched alkanes of at least 4 members (excludes halogenated alkanes) is 15. The Morgan fingerprint density at radius 1 is 0.706 bits per heavy atom. The van der Waals surface area contributed by atoms with E-state index in [1.54, 1.807) is 0 Å². The smallest absolute Gasteiger partial charge is 0.273 e. The zero-order valence-electron chi connectivity index (χ0n) is 22.6. The Morgan fingerprint density at radius 2 is 1.09 bits per heavy atom. The molecule has 3 N–H and O–H groups in total. The molecule has 34 heavy (non-hydrogen) atoms. The van der Waals surface area contributed by atoms with Crippen LogP contribution in [0.4, 0.5) is 5.69 Å². The van der Waals surface area contributed by atoms with Gasteiger partial charge in [0.2, 0.25) is 0 Å². The SMILES string of the molecule is C[N+](C)(C)CC(O)=[P+]([O-])CCCCCCCCCCCCCCCCCCc1ccc(N)cc1. The van der Waals surface area contributed by atoms with E-state index in [4.69, 9.17) is 5.73 Å². The maximum atomic E-state index is 12.1. The van der Waals surface area contributed by atoms with Gasteiger partial charge in [0, 0.05) is 5.69 Å². The molecule has 4 nitrogen and oxygen atoms in total. The topological polar surface area (TPSA) is 69.3 Å². The first kappa shape index (κ1) is 31.1. The third-order valence-electron chi connectivity index (χ3n) is 6.46. The minimum absolute atomic E-state index is 0.188. The van der Waals surface area contributed by atoms with Gasteiger partial charge in [-0.15, -0.1) is 0 Å². The van der Waals surface area contributed by atoms with Crippen LogP contribution in [-0.4, -0.2) is 48.9 Å². The monoisotopic (exact) mass is 493 g/mol. The summed E-state index contributed by atoms with van der Waals surface area (Å²) in [4.78, 5) is 12.1. The molecular weight excluding hydrogens is 439 g/mol. The summed E-state index contributed by atoms with van der Waals surface area (Å²) in [5, 5.41) is 9.95. The number of nitrogen functional groups attached to an aromatic ring is 1. The number of nitrogens with two attached hydrogens (primary N) is 1. The van der Waals surface area contributed by atoms with E-state index in [2.05, 4.69) is 12.1 Å². The predicted molar refractivity (Wildman–Crippen MR) is 150 cm³/mol. The zero-order chi connectivity index (χ0) is 25.1. The summed E-state index contributed by atoms with van der Waals surface area (Å²) >= 11 is 0. The van der Waals surface area contributed by atoms with Crippen LogP contribution in [0.25, 0.3) is 0 Å². The van der Waals surface area contributed by atoms with Crippen molar-refractivity contribution in [3.63, 3.8) is 0 Å². The molecule has 0 radical (unpaired) electrons. The van der Waals surface area contributed by atoms with Crippen molar-refractivity contribution >= 4 is 18.9 Å². The molecule has 0 aliphatic carbocycles. The van der Waals surface area contributed by atoms with Crippen molar-refractivity contribution in [2.75, 3.05) is 39.6 Å². The molecular formula is C29H54N2O2P+. The second-order valence-corrected chi connectivity index (χ2v) is 12.8. The summed E-state index contributed by atoms with van der Waals surface area (Å²) in [7, 11) is 4.47. The first-order valence-corrected chi connectivity index (χ1v) is 15.4. The maximum absolute atomic E-state index is 12.1. The van der Waals surface area contributed by atoms with Crippen molar-refractivity contribution in [3.8, 4) is 0 Å². The Balaban J connectivity index is 1.79. The van der Waals surface area contributed by atoms with Gasteiger partial charge in [-0.1, -0.05) is 95.6 Å². The Hall–Kier alpha value is -0.930. The normalized spacial score (nSPS) is 12.7. The summed E-state index contributed by atoms with van der Waals surface area (Å²) in [6.07, 6.45) is 23.0. The van der Waals surface area contributed by atoms with Crippen LogP contribution in [0.15, 0.2) is 24.3 Å². The number of aryl methyl sites for hydroxylation is 1. The van der Waals surface area contributed by atoms with Gasteiger partial charge in [0.15, 0.2) is 6.54 Å². The first-order chi connectivity index (χ1) is 16.3. The molecule has 0 amide bonds. The van der Waals surface area contributed by atoms with Gasteiger partial charge in [-0.05, 0) is 43.4 Å². The minimum atomic E-state index is -1.56. The van der Waals surface area contributed by atoms with Gasteiger partial charge >= 0.3 is 0 Å². The third kappa shape index (κ3) is 18.4. The fourth-order valence-electron chi connectivity index (χ4n) is 4.38. The average molecular weight is 494 g/mol. The van der Waals surface area contributed by atoms with Crippen LogP contribution in [0.1, 0.15) is 108 Å². The van der Waals surface area contributed by atoms with E-state index >= 15 is 0 Å². The number of hydrogen-bond acceptors (Lipinski definition) is 2. The van der Waals surface area contributed by atoms with Gasteiger partial charge < -0.3 is 20.2 Å². The number of quaternary nitrogens is 1. The molecule has 0 spiro atoms. The van der Waals surface area contributed by atoms with Crippen LogP contribution < -0.4 is 10.6 Å². The summed E-state index contributed by atoms with van der Waals surface area (Å²) in [5.74, 6) is 0. The number of anilines is 1. The van der Waals surface area contributed by atoms with Gasteiger partial charge in [-0.25, -0.2) is 0 Å². The average Bonchev–Trinajstić information content (AvgIpc) is 2.78. The van der Waals surface area contributed by atoms with Crippen LogP contribution in [0.5, 0.6) is 0 Å². The molecule has 1 rings (SSSR count). The number of aliphatic hydroxyl groups is 1. The Morgan fingerprint density at radius 3 is 1.50 bits per heavy atom. The molecule has 0 aliphatic heterocycles. The van der Waals surface area contributed by atoms with Crippen molar-refractivity contribution < 1.29 is 14.5 Å². The van der Waals surface area contributed by atoms with Crippen molar-refractivity contribution in [3.05, 3.63) is 29.8 Å². The fraction of sp³-hybridized carbons (Fsp3) is 0.759. The predicted octanol–water partition coefficient (Wildman–Crippen LogP) is 7.02. The van der Waals surface area contributed by atoms with Crippen LogP contribution in [0.2, 0.25) is 0 Å². The molecule has 1 unspecified atom stereocenters. The van der Waals surface area contributed by atoms with Crippen LogP contribution in [0.3, 0.4) is 0 Å². The minimum Gasteiger partial charge on any atom is -0.629 e. The van der Waals surface area contributed by atoms with Crippen molar-refractivity contribution in [1.29, 1.82) is 0 Å². The van der Waals surface area contributed by atoms with E-state index in [1.165, 1.54) is 102 Å². The Labute approximate surface area is 212 Å². The van der Waals surface area contributed by atoms with E-state index in [0.29, 0.717) is 17.2 Å². The molecule has 0 heterocycles. The number of rotatable bonds is 21. The third-order valence-corrected chi connectivity index (χ3v) is 7.90. The quantitative estimate of drug-likeness (QED) is 0.0837. The van der Waals surface area contributed by atoms with E-state index in [1.807, 2.05) is 33.3 Å². The van der Waals surface area contributed by atoms with E-state index in [9.17, 15) is 10.00 Å². The summed E-state index contributed by atoms with van der Waals surface area (Å²) < 4.78 is 0.625. The highest BCUT2D eigenvalue weighted by atomic mass is 31.1. The van der Waals surface area contributed by atoms with Gasteiger partial charge in [0.25, 0.3) is 5.48 Å². The fourth-order valence-corrected chi connectivity index (χ4v) is 5.73. The molecule has 1 aromatic rings. The standard InChI is InChI=1S/C29H53N2O2P/c1-31(2,3)26-29(32)34(33)25-19-17-15-13-11-9-7-5-4-6-8-10-12-14-16-18-20-27-21-23-28(30)24-22-27/h21-24H,4-20,25-26,30H2,1-3H3/p+1. The molecule has 0 aromatic heterocycles. The maximum Gasteiger partial charge on any atom is 0.273 e. The molecule has 0 aliphatic rings. The summed E-state index contributed by atoms with van der Waals surface area (Å²) in [6.45, 7) is 0.487. The molecule has 196 valence electrons. The molecule has 0 fully saturated rings. The highest BCUT2D eigenvalue weighted by molar-refractivity contribution is 7.51. The van der Waals surface area contributed by atoms with E-state index in [0.717, 1.165) is 18.5 Å². The zero-order valence-corrected chi connectivity index (χ0v) is 23.5. The highest BCUT2D eigenvalue weighted by Crippen LogP contribution is 2.19. The lowest BCUT2D eigenvalue weighted by atomic mass is 10.0. The van der Waals surface area contributed by atoms with E-state index < -0.39 is 7.77 Å². The molecule has 1 aromatic carbocycles. The number of likely N-dealkylation sites (N-methyl/N-ethyl adjacent to an activating group) is 1.